The zero-order valence-electron chi connectivity index (χ0n) is 19.2. The van der Waals surface area contributed by atoms with E-state index in [2.05, 4.69) is 52.6 Å². The minimum absolute atomic E-state index is 0.754. The van der Waals surface area contributed by atoms with E-state index in [0.717, 1.165) is 74.6 Å². The fourth-order valence-corrected chi connectivity index (χ4v) is 6.60. The number of nitrogens with one attached hydrogen (secondary N) is 2. The molecule has 1 fully saturated rings. The molecule has 0 amide bonds. The van der Waals surface area contributed by atoms with Gasteiger partial charge in [-0.05, 0) is 48.8 Å². The van der Waals surface area contributed by atoms with E-state index in [1.165, 1.54) is 45.1 Å². The second-order valence-corrected chi connectivity index (χ2v) is 10.5. The van der Waals surface area contributed by atoms with Gasteiger partial charge in [0.1, 0.15) is 16.5 Å². The average molecular weight is 462 g/mol. The van der Waals surface area contributed by atoms with Crippen LogP contribution in [0.25, 0.3) is 21.1 Å². The first-order valence-electron chi connectivity index (χ1n) is 12.1. The van der Waals surface area contributed by atoms with Crippen molar-refractivity contribution >= 4 is 38.3 Å². The number of aromatic nitrogens is 3. The Bertz CT molecular complexity index is 1270. The number of benzene rings is 1. The minimum Gasteiger partial charge on any atom is -0.379 e. The van der Waals surface area contributed by atoms with Crippen LogP contribution < -0.4 is 5.32 Å². The molecule has 0 spiro atoms. The zero-order chi connectivity index (χ0) is 22.2. The molecule has 1 aliphatic carbocycles. The van der Waals surface area contributed by atoms with Crippen LogP contribution in [0.2, 0.25) is 0 Å². The van der Waals surface area contributed by atoms with Gasteiger partial charge in [0.15, 0.2) is 0 Å². The fourth-order valence-electron chi connectivity index (χ4n) is 5.20. The number of hydrogen-bond acceptors (Lipinski definition) is 6. The summed E-state index contributed by atoms with van der Waals surface area (Å²) >= 11 is 1.89. The predicted molar refractivity (Wildman–Crippen MR) is 135 cm³/mol. The number of hydrogen-bond donors (Lipinski definition) is 2. The predicted octanol–water partition coefficient (Wildman–Crippen LogP) is 4.78. The van der Waals surface area contributed by atoms with Crippen LogP contribution in [-0.2, 0) is 30.5 Å². The number of fused-ring (bicyclic) bond motifs is 4. The van der Waals surface area contributed by atoms with Gasteiger partial charge in [0.05, 0.1) is 25.1 Å². The van der Waals surface area contributed by atoms with Gasteiger partial charge in [-0.15, -0.1) is 11.3 Å². The molecular weight excluding hydrogens is 430 g/mol. The molecule has 2 aliphatic rings. The average Bonchev–Trinajstić information content (AvgIpc) is 3.40. The number of anilines is 1. The Morgan fingerprint density at radius 2 is 2.09 bits per heavy atom. The Balaban J connectivity index is 1.29. The molecule has 3 aromatic heterocycles. The van der Waals surface area contributed by atoms with Gasteiger partial charge in [-0.3, -0.25) is 4.90 Å². The summed E-state index contributed by atoms with van der Waals surface area (Å²) in [6, 6.07) is 8.52. The number of aromatic amines is 1. The first kappa shape index (κ1) is 21.1. The Hall–Kier alpha value is -2.48. The zero-order valence-corrected chi connectivity index (χ0v) is 20.0. The van der Waals surface area contributed by atoms with Crippen molar-refractivity contribution in [3.63, 3.8) is 0 Å². The number of ether oxygens (including phenoxy) is 1. The fraction of sp³-hybridized carbons (Fsp3) is 0.462. The van der Waals surface area contributed by atoms with E-state index < -0.39 is 0 Å². The first-order chi connectivity index (χ1) is 16.2. The van der Waals surface area contributed by atoms with Gasteiger partial charge < -0.3 is 15.0 Å². The summed E-state index contributed by atoms with van der Waals surface area (Å²) in [5.41, 5.74) is 4.03. The summed E-state index contributed by atoms with van der Waals surface area (Å²) in [6.45, 7) is 7.49. The number of para-hydroxylation sites is 1. The van der Waals surface area contributed by atoms with E-state index in [0.29, 0.717) is 0 Å². The summed E-state index contributed by atoms with van der Waals surface area (Å²) in [7, 11) is 0. The molecule has 1 atom stereocenters. The highest BCUT2D eigenvalue weighted by Crippen LogP contribution is 2.40. The summed E-state index contributed by atoms with van der Waals surface area (Å²) in [5, 5.41) is 6.29. The maximum absolute atomic E-state index is 5.52. The highest BCUT2D eigenvalue weighted by molar-refractivity contribution is 7.19. The molecule has 1 aliphatic heterocycles. The topological polar surface area (TPSA) is 66.1 Å². The molecule has 2 N–H and O–H groups in total. The largest absolute Gasteiger partial charge is 0.379 e. The normalized spacial score (nSPS) is 19.2. The van der Waals surface area contributed by atoms with Crippen molar-refractivity contribution in [1.82, 2.24) is 19.9 Å². The van der Waals surface area contributed by atoms with Crippen LogP contribution in [0.4, 0.5) is 5.82 Å². The molecule has 6 nitrogen and oxygen atoms in total. The van der Waals surface area contributed by atoms with Crippen LogP contribution in [0.1, 0.15) is 35.2 Å². The summed E-state index contributed by atoms with van der Waals surface area (Å²) in [4.78, 5) is 18.6. The standard InChI is InChI=1S/C26H31N5OS/c1-17-6-7-20-22(14-17)33-26-24(20)25(29-23(30-26)16-31-10-12-32-13-11-31)27-9-8-18-15-28-21-5-3-2-4-19(18)21/h2-5,15,17,28H,6-14,16H2,1H3,(H,27,29,30). The summed E-state index contributed by atoms with van der Waals surface area (Å²) in [5.74, 6) is 2.70. The Morgan fingerprint density at radius 3 is 3.00 bits per heavy atom. The number of morpholine rings is 1. The van der Waals surface area contributed by atoms with E-state index >= 15 is 0 Å². The molecule has 1 aromatic carbocycles. The maximum Gasteiger partial charge on any atom is 0.146 e. The lowest BCUT2D eigenvalue weighted by Crippen LogP contribution is -2.36. The summed E-state index contributed by atoms with van der Waals surface area (Å²) < 4.78 is 5.52. The second kappa shape index (κ2) is 9.05. The highest BCUT2D eigenvalue weighted by Gasteiger charge is 2.24. The van der Waals surface area contributed by atoms with E-state index in [4.69, 9.17) is 14.7 Å². The van der Waals surface area contributed by atoms with E-state index in [-0.39, 0.29) is 0 Å². The van der Waals surface area contributed by atoms with Gasteiger partial charge >= 0.3 is 0 Å². The molecule has 1 unspecified atom stereocenters. The van der Waals surface area contributed by atoms with Crippen molar-refractivity contribution < 1.29 is 4.74 Å². The van der Waals surface area contributed by atoms with Crippen molar-refractivity contribution in [2.45, 2.75) is 39.2 Å². The molecule has 0 bridgehead atoms. The number of thiophene rings is 1. The molecule has 4 heterocycles. The van der Waals surface area contributed by atoms with Gasteiger partial charge in [-0.2, -0.15) is 0 Å². The molecule has 4 aromatic rings. The number of nitrogens with zero attached hydrogens (tertiary/aromatic N) is 3. The molecule has 0 radical (unpaired) electrons. The lowest BCUT2D eigenvalue weighted by molar-refractivity contribution is 0.0331. The molecule has 1 saturated heterocycles. The minimum atomic E-state index is 0.754. The van der Waals surface area contributed by atoms with Crippen LogP contribution in [0.3, 0.4) is 0 Å². The smallest absolute Gasteiger partial charge is 0.146 e. The number of H-pyrrole nitrogens is 1. The lowest BCUT2D eigenvalue weighted by Gasteiger charge is -2.26. The quantitative estimate of drug-likeness (QED) is 0.432. The van der Waals surface area contributed by atoms with Crippen LogP contribution in [0.15, 0.2) is 30.5 Å². The third-order valence-corrected chi connectivity index (χ3v) is 8.18. The molecular formula is C26H31N5OS. The SMILES string of the molecule is CC1CCc2c(sc3nc(CN4CCOCC4)nc(NCCc4c[nH]c5ccccc45)c23)C1. The molecule has 0 saturated carbocycles. The van der Waals surface area contributed by atoms with Crippen LogP contribution in [0, 0.1) is 5.92 Å². The summed E-state index contributed by atoms with van der Waals surface area (Å²) in [6.07, 6.45) is 6.66. The molecule has 7 heteroatoms. The Labute approximate surface area is 198 Å². The molecule has 172 valence electrons. The first-order valence-corrected chi connectivity index (χ1v) is 13.0. The van der Waals surface area contributed by atoms with Gasteiger partial charge in [-0.1, -0.05) is 25.1 Å². The third-order valence-electron chi connectivity index (χ3n) is 7.03. The van der Waals surface area contributed by atoms with Crippen molar-refractivity contribution in [2.24, 2.45) is 5.92 Å². The van der Waals surface area contributed by atoms with Crippen molar-refractivity contribution in [3.05, 3.63) is 52.3 Å². The monoisotopic (exact) mass is 461 g/mol. The Kier molecular flexibility index (Phi) is 5.78. The van der Waals surface area contributed by atoms with Crippen molar-refractivity contribution in [3.8, 4) is 0 Å². The highest BCUT2D eigenvalue weighted by atomic mass is 32.1. The van der Waals surface area contributed by atoms with Gasteiger partial charge in [0, 0.05) is 41.6 Å². The van der Waals surface area contributed by atoms with Crippen LogP contribution in [-0.4, -0.2) is 52.7 Å². The van der Waals surface area contributed by atoms with Gasteiger partial charge in [-0.25, -0.2) is 9.97 Å². The molecule has 33 heavy (non-hydrogen) atoms. The van der Waals surface area contributed by atoms with E-state index in [9.17, 15) is 0 Å². The van der Waals surface area contributed by atoms with E-state index in [1.807, 2.05) is 11.3 Å². The van der Waals surface area contributed by atoms with Crippen molar-refractivity contribution in [2.75, 3.05) is 38.2 Å². The third kappa shape index (κ3) is 4.25. The number of rotatable bonds is 6. The molecule has 6 rings (SSSR count). The van der Waals surface area contributed by atoms with Gasteiger partial charge in [0.2, 0.25) is 0 Å². The number of aryl methyl sites for hydroxylation is 1. The van der Waals surface area contributed by atoms with E-state index in [1.54, 1.807) is 0 Å². The second-order valence-electron chi connectivity index (χ2n) is 9.45. The van der Waals surface area contributed by atoms with Crippen molar-refractivity contribution in [1.29, 1.82) is 0 Å². The maximum atomic E-state index is 5.52. The van der Waals surface area contributed by atoms with Crippen LogP contribution >= 0.6 is 11.3 Å². The lowest BCUT2D eigenvalue weighted by atomic mass is 9.89. The van der Waals surface area contributed by atoms with Crippen LogP contribution in [0.5, 0.6) is 0 Å². The Morgan fingerprint density at radius 1 is 1.21 bits per heavy atom. The van der Waals surface area contributed by atoms with Gasteiger partial charge in [0.25, 0.3) is 0 Å².